The fourth-order valence-electron chi connectivity index (χ4n) is 4.32. The van der Waals surface area contributed by atoms with Crippen LogP contribution >= 0.6 is 0 Å². The number of aliphatic carboxylic acids is 1. The molecule has 3 atom stereocenters. The highest BCUT2D eigenvalue weighted by Gasteiger charge is 2.46. The number of hydrogen-bond donors (Lipinski definition) is 3. The van der Waals surface area contributed by atoms with Crippen LogP contribution in [0, 0.1) is 5.92 Å². The number of carbonyl (C=O) groups is 1. The Balaban J connectivity index is 2.05. The molecule has 26 heavy (non-hydrogen) atoms. The maximum Gasteiger partial charge on any atom is 0.331 e. The monoisotopic (exact) mass is 360 g/mol. The molecule has 3 unspecified atom stereocenters. The summed E-state index contributed by atoms with van der Waals surface area (Å²) in [6.07, 6.45) is 4.86. The first-order valence-electron chi connectivity index (χ1n) is 9.42. The number of carboxylic acid groups (broad SMARTS) is 1. The number of aliphatic hydroxyl groups excluding tert-OH is 1. The highest BCUT2D eigenvalue weighted by Crippen LogP contribution is 2.53. The topological polar surface area (TPSA) is 87.0 Å². The van der Waals surface area contributed by atoms with Gasteiger partial charge in [0.25, 0.3) is 0 Å². The molecule has 1 aromatic rings. The van der Waals surface area contributed by atoms with Crippen molar-refractivity contribution < 1.29 is 24.9 Å². The first-order valence-corrected chi connectivity index (χ1v) is 9.42. The van der Waals surface area contributed by atoms with E-state index in [9.17, 15) is 20.1 Å². The second kappa shape index (κ2) is 6.95. The van der Waals surface area contributed by atoms with E-state index in [1.807, 2.05) is 13.8 Å². The van der Waals surface area contributed by atoms with Crippen molar-refractivity contribution in [2.45, 2.75) is 70.5 Å². The van der Waals surface area contributed by atoms with Crippen LogP contribution in [0.5, 0.6) is 11.5 Å². The number of fused-ring (bicyclic) bond motifs is 3. The van der Waals surface area contributed by atoms with Gasteiger partial charge in [0.1, 0.15) is 17.1 Å². The lowest BCUT2D eigenvalue weighted by Gasteiger charge is -2.46. The quantitative estimate of drug-likeness (QED) is 0.729. The molecule has 0 spiro atoms. The Morgan fingerprint density at radius 1 is 1.38 bits per heavy atom. The number of allylic oxidation sites excluding steroid dienone is 1. The Labute approximate surface area is 154 Å². The highest BCUT2D eigenvalue weighted by molar-refractivity contribution is 5.87. The molecule has 0 saturated carbocycles. The van der Waals surface area contributed by atoms with Crippen LogP contribution < -0.4 is 4.74 Å². The largest absolute Gasteiger partial charge is 0.507 e. The van der Waals surface area contributed by atoms with Crippen molar-refractivity contribution in [1.82, 2.24) is 0 Å². The Kier molecular flexibility index (Phi) is 5.02. The molecule has 5 nitrogen and oxygen atoms in total. The number of rotatable bonds is 5. The smallest absolute Gasteiger partial charge is 0.331 e. The average molecular weight is 360 g/mol. The number of benzene rings is 1. The average Bonchev–Trinajstić information content (AvgIpc) is 2.58. The van der Waals surface area contributed by atoms with Gasteiger partial charge in [0.15, 0.2) is 0 Å². The van der Waals surface area contributed by atoms with Gasteiger partial charge in [-0.15, -0.1) is 0 Å². The first kappa shape index (κ1) is 18.8. The van der Waals surface area contributed by atoms with Crippen molar-refractivity contribution in [2.24, 2.45) is 5.92 Å². The van der Waals surface area contributed by atoms with Crippen LogP contribution in [0.2, 0.25) is 0 Å². The number of phenols is 1. The number of hydrogen-bond acceptors (Lipinski definition) is 4. The molecule has 5 heteroatoms. The summed E-state index contributed by atoms with van der Waals surface area (Å²) in [5.41, 5.74) is 1.19. The van der Waals surface area contributed by atoms with E-state index in [2.05, 4.69) is 6.92 Å². The summed E-state index contributed by atoms with van der Waals surface area (Å²) >= 11 is 0. The van der Waals surface area contributed by atoms with E-state index in [-0.39, 0.29) is 17.6 Å². The number of carboxylic acids is 1. The van der Waals surface area contributed by atoms with Gasteiger partial charge in [-0.3, -0.25) is 0 Å². The van der Waals surface area contributed by atoms with Crippen molar-refractivity contribution >= 4 is 5.97 Å². The molecular weight excluding hydrogens is 332 g/mol. The van der Waals surface area contributed by atoms with Gasteiger partial charge in [-0.25, -0.2) is 4.79 Å². The van der Waals surface area contributed by atoms with E-state index in [0.29, 0.717) is 41.7 Å². The van der Waals surface area contributed by atoms with Gasteiger partial charge in [-0.1, -0.05) is 25.8 Å². The van der Waals surface area contributed by atoms with E-state index in [1.165, 1.54) is 0 Å². The minimum absolute atomic E-state index is 0.0708. The van der Waals surface area contributed by atoms with Crippen LogP contribution in [-0.4, -0.2) is 26.9 Å². The molecule has 3 N–H and O–H groups in total. The Morgan fingerprint density at radius 3 is 2.77 bits per heavy atom. The van der Waals surface area contributed by atoms with Gasteiger partial charge in [-0.2, -0.15) is 0 Å². The molecule has 2 aliphatic rings. The summed E-state index contributed by atoms with van der Waals surface area (Å²) in [6, 6.07) is 3.40. The fraction of sp³-hybridized carbons (Fsp3) is 0.571. The predicted molar refractivity (Wildman–Crippen MR) is 98.5 cm³/mol. The van der Waals surface area contributed by atoms with E-state index in [0.717, 1.165) is 12.8 Å². The highest BCUT2D eigenvalue weighted by atomic mass is 16.5. The van der Waals surface area contributed by atoms with Crippen molar-refractivity contribution in [1.29, 1.82) is 0 Å². The number of phenolic OH excluding ortho intramolecular Hbond substituents is 1. The zero-order valence-electron chi connectivity index (χ0n) is 15.7. The molecule has 0 fully saturated rings. The van der Waals surface area contributed by atoms with Crippen LogP contribution in [0.15, 0.2) is 23.8 Å². The molecule has 142 valence electrons. The van der Waals surface area contributed by atoms with Crippen LogP contribution in [0.4, 0.5) is 0 Å². The third kappa shape index (κ3) is 3.32. The van der Waals surface area contributed by atoms with Gasteiger partial charge in [0.05, 0.1) is 6.10 Å². The maximum absolute atomic E-state index is 11.4. The molecule has 1 aliphatic heterocycles. The summed E-state index contributed by atoms with van der Waals surface area (Å²) < 4.78 is 6.21. The molecule has 0 bridgehead atoms. The molecule has 0 saturated heterocycles. The van der Waals surface area contributed by atoms with Crippen LogP contribution in [-0.2, 0) is 4.79 Å². The first-order chi connectivity index (χ1) is 12.2. The molecule has 0 aromatic heterocycles. The summed E-state index contributed by atoms with van der Waals surface area (Å²) in [5.74, 6) is -0.387. The SMILES string of the molecule is CCCCC(O)c1cc(O)c2c(c1)OC(C)(C)C1CCC(C(=O)O)=CC21. The van der Waals surface area contributed by atoms with Crippen molar-refractivity contribution in [3.8, 4) is 11.5 Å². The van der Waals surface area contributed by atoms with Crippen LogP contribution in [0.3, 0.4) is 0 Å². The van der Waals surface area contributed by atoms with Crippen molar-refractivity contribution in [3.05, 3.63) is 34.9 Å². The van der Waals surface area contributed by atoms with Gasteiger partial charge in [-0.05, 0) is 50.8 Å². The molecule has 1 aromatic carbocycles. The van der Waals surface area contributed by atoms with E-state index in [1.54, 1.807) is 18.2 Å². The zero-order valence-corrected chi connectivity index (χ0v) is 15.7. The second-order valence-electron chi connectivity index (χ2n) is 7.98. The number of aliphatic hydroxyl groups is 1. The van der Waals surface area contributed by atoms with Gasteiger partial charge < -0.3 is 20.1 Å². The molecule has 0 amide bonds. The Morgan fingerprint density at radius 2 is 2.12 bits per heavy atom. The normalized spacial score (nSPS) is 24.7. The van der Waals surface area contributed by atoms with Crippen molar-refractivity contribution in [3.63, 3.8) is 0 Å². The Bertz CT molecular complexity index is 734. The number of unbranched alkanes of at least 4 members (excludes halogenated alkanes) is 1. The third-order valence-corrected chi connectivity index (χ3v) is 5.77. The lowest BCUT2D eigenvalue weighted by molar-refractivity contribution is -0.133. The molecule has 0 radical (unpaired) electrons. The van der Waals surface area contributed by atoms with E-state index >= 15 is 0 Å². The summed E-state index contributed by atoms with van der Waals surface area (Å²) in [7, 11) is 0. The van der Waals surface area contributed by atoms with Gasteiger partial charge in [0, 0.05) is 23.0 Å². The molecule has 3 rings (SSSR count). The van der Waals surface area contributed by atoms with Crippen LogP contribution in [0.25, 0.3) is 0 Å². The minimum atomic E-state index is -0.902. The summed E-state index contributed by atoms with van der Waals surface area (Å²) in [6.45, 7) is 6.08. The van der Waals surface area contributed by atoms with Crippen molar-refractivity contribution in [2.75, 3.05) is 0 Å². The number of ether oxygens (including phenoxy) is 1. The molecular formula is C21H28O5. The Hall–Kier alpha value is -2.01. The van der Waals surface area contributed by atoms with E-state index in [4.69, 9.17) is 4.74 Å². The maximum atomic E-state index is 11.4. The predicted octanol–water partition coefficient (Wildman–Crippen LogP) is 4.29. The standard InChI is InChI=1S/C21H28O5/c1-4-5-6-16(22)13-10-17(23)19-14-9-12(20(24)25)7-8-15(14)21(2,3)26-18(19)11-13/h9-11,14-16,22-23H,4-8H2,1-3H3,(H,24,25). The van der Waals surface area contributed by atoms with Crippen LogP contribution in [0.1, 0.15) is 76.0 Å². The molecule has 1 heterocycles. The number of aromatic hydroxyl groups is 1. The molecule has 1 aliphatic carbocycles. The van der Waals surface area contributed by atoms with Gasteiger partial charge >= 0.3 is 5.97 Å². The second-order valence-corrected chi connectivity index (χ2v) is 7.98. The zero-order chi connectivity index (χ0) is 19.1. The van der Waals surface area contributed by atoms with Gasteiger partial charge in [0.2, 0.25) is 0 Å². The van der Waals surface area contributed by atoms with E-state index < -0.39 is 17.7 Å². The lowest BCUT2D eigenvalue weighted by Crippen LogP contribution is -2.45. The third-order valence-electron chi connectivity index (χ3n) is 5.77. The summed E-state index contributed by atoms with van der Waals surface area (Å²) in [4.78, 5) is 11.4. The minimum Gasteiger partial charge on any atom is -0.507 e. The fourth-order valence-corrected chi connectivity index (χ4v) is 4.32. The lowest BCUT2D eigenvalue weighted by atomic mass is 9.67. The summed E-state index contributed by atoms with van der Waals surface area (Å²) in [5, 5.41) is 30.5.